The number of hydrogen-bond donors (Lipinski definition) is 0. The van der Waals surface area contributed by atoms with E-state index in [9.17, 15) is 9.59 Å². The number of Topliss-reactive ketones (excluding diaryl/α,β-unsaturated/α-hetero) is 1. The van der Waals surface area contributed by atoms with Crippen molar-refractivity contribution in [3.8, 4) is 11.5 Å². The monoisotopic (exact) mass is 388 g/mol. The predicted octanol–water partition coefficient (Wildman–Crippen LogP) is 4.58. The third kappa shape index (κ3) is 5.86. The molecule has 0 heterocycles. The van der Waals surface area contributed by atoms with Gasteiger partial charge in [-0.25, -0.2) is 4.79 Å². The SMILES string of the molecule is CC=Cc1ccc(OCC(=O)OC(C)C(=O)c2cccc(Cl)c2)c(OC)c1. The van der Waals surface area contributed by atoms with E-state index < -0.39 is 12.1 Å². The van der Waals surface area contributed by atoms with Gasteiger partial charge in [0.2, 0.25) is 5.78 Å². The molecule has 0 bridgehead atoms. The zero-order valence-electron chi connectivity index (χ0n) is 15.4. The highest BCUT2D eigenvalue weighted by Crippen LogP contribution is 2.28. The highest BCUT2D eigenvalue weighted by molar-refractivity contribution is 6.31. The molecule has 0 fully saturated rings. The van der Waals surface area contributed by atoms with Crippen molar-refractivity contribution in [1.29, 1.82) is 0 Å². The number of carbonyl (C=O) groups is 2. The fourth-order valence-corrected chi connectivity index (χ4v) is 2.59. The van der Waals surface area contributed by atoms with E-state index in [2.05, 4.69) is 0 Å². The van der Waals surface area contributed by atoms with Gasteiger partial charge in [0.25, 0.3) is 0 Å². The molecule has 0 aliphatic carbocycles. The number of ketones is 1. The second-order valence-corrected chi connectivity index (χ2v) is 6.14. The molecule has 2 aromatic carbocycles. The van der Waals surface area contributed by atoms with Crippen molar-refractivity contribution in [2.45, 2.75) is 20.0 Å². The summed E-state index contributed by atoms with van der Waals surface area (Å²) in [6, 6.07) is 11.8. The summed E-state index contributed by atoms with van der Waals surface area (Å²) in [5, 5.41) is 0.441. The molecule has 0 aliphatic heterocycles. The van der Waals surface area contributed by atoms with Gasteiger partial charge >= 0.3 is 5.97 Å². The third-order valence-electron chi connectivity index (χ3n) is 3.68. The largest absolute Gasteiger partial charge is 0.493 e. The number of ether oxygens (including phenoxy) is 3. The van der Waals surface area contributed by atoms with E-state index in [-0.39, 0.29) is 12.4 Å². The fourth-order valence-electron chi connectivity index (χ4n) is 2.40. The molecule has 27 heavy (non-hydrogen) atoms. The first-order valence-corrected chi connectivity index (χ1v) is 8.75. The van der Waals surface area contributed by atoms with Crippen LogP contribution in [0, 0.1) is 0 Å². The molecule has 0 radical (unpaired) electrons. The molecular formula is C21H21ClO5. The number of methoxy groups -OCH3 is 1. The zero-order valence-corrected chi connectivity index (χ0v) is 16.2. The van der Waals surface area contributed by atoms with Gasteiger partial charge in [0.15, 0.2) is 24.2 Å². The number of benzene rings is 2. The molecule has 142 valence electrons. The van der Waals surface area contributed by atoms with E-state index in [1.807, 2.05) is 25.1 Å². The van der Waals surface area contributed by atoms with E-state index in [0.717, 1.165) is 5.56 Å². The summed E-state index contributed by atoms with van der Waals surface area (Å²) in [4.78, 5) is 24.3. The summed E-state index contributed by atoms with van der Waals surface area (Å²) in [7, 11) is 1.52. The van der Waals surface area contributed by atoms with Gasteiger partial charge in [-0.1, -0.05) is 42.0 Å². The molecule has 0 aliphatic rings. The van der Waals surface area contributed by atoms with Crippen LogP contribution in [0.2, 0.25) is 5.02 Å². The van der Waals surface area contributed by atoms with Gasteiger partial charge in [0, 0.05) is 10.6 Å². The summed E-state index contributed by atoms with van der Waals surface area (Å²) in [6.07, 6.45) is 2.88. The van der Waals surface area contributed by atoms with Crippen molar-refractivity contribution in [3.05, 3.63) is 64.7 Å². The van der Waals surface area contributed by atoms with Crippen molar-refractivity contribution in [1.82, 2.24) is 0 Å². The summed E-state index contributed by atoms with van der Waals surface area (Å²) >= 11 is 5.88. The topological polar surface area (TPSA) is 61.8 Å². The Balaban J connectivity index is 1.95. The lowest BCUT2D eigenvalue weighted by molar-refractivity contribution is -0.148. The van der Waals surface area contributed by atoms with Gasteiger partial charge in [-0.15, -0.1) is 0 Å². The van der Waals surface area contributed by atoms with E-state index in [4.69, 9.17) is 25.8 Å². The van der Waals surface area contributed by atoms with Crippen molar-refractivity contribution < 1.29 is 23.8 Å². The van der Waals surface area contributed by atoms with Crippen molar-refractivity contribution in [2.75, 3.05) is 13.7 Å². The predicted molar refractivity (Wildman–Crippen MR) is 105 cm³/mol. The van der Waals surface area contributed by atoms with Gasteiger partial charge in [-0.3, -0.25) is 4.79 Å². The van der Waals surface area contributed by atoms with Gasteiger partial charge in [0.05, 0.1) is 7.11 Å². The lowest BCUT2D eigenvalue weighted by atomic mass is 10.1. The Bertz CT molecular complexity index is 844. The first-order chi connectivity index (χ1) is 12.9. The molecule has 2 aromatic rings. The Hall–Kier alpha value is -2.79. The minimum Gasteiger partial charge on any atom is -0.493 e. The number of esters is 1. The second kappa shape index (κ2) is 9.78. The first-order valence-electron chi connectivity index (χ1n) is 8.37. The third-order valence-corrected chi connectivity index (χ3v) is 3.91. The van der Waals surface area contributed by atoms with E-state index in [1.165, 1.54) is 20.1 Å². The zero-order chi connectivity index (χ0) is 19.8. The second-order valence-electron chi connectivity index (χ2n) is 5.71. The Morgan fingerprint density at radius 2 is 1.93 bits per heavy atom. The highest BCUT2D eigenvalue weighted by Gasteiger charge is 2.20. The average Bonchev–Trinajstić information content (AvgIpc) is 2.66. The molecule has 0 amide bonds. The van der Waals surface area contributed by atoms with Crippen LogP contribution in [0.15, 0.2) is 48.5 Å². The molecule has 2 rings (SSSR count). The van der Waals surface area contributed by atoms with Crippen LogP contribution in [-0.2, 0) is 9.53 Å². The van der Waals surface area contributed by atoms with E-state index >= 15 is 0 Å². The minimum atomic E-state index is -0.946. The lowest BCUT2D eigenvalue weighted by Crippen LogP contribution is -2.27. The van der Waals surface area contributed by atoms with Crippen LogP contribution in [-0.4, -0.2) is 31.6 Å². The standard InChI is InChI=1S/C21H21ClO5/c1-4-6-15-9-10-18(19(11-15)25-3)26-13-20(23)27-14(2)21(24)16-7-5-8-17(22)12-16/h4-12,14H,13H2,1-3H3. The molecule has 0 spiro atoms. The quantitative estimate of drug-likeness (QED) is 0.489. The molecule has 6 heteroatoms. The minimum absolute atomic E-state index is 0.334. The highest BCUT2D eigenvalue weighted by atomic mass is 35.5. The lowest BCUT2D eigenvalue weighted by Gasteiger charge is -2.14. The molecule has 0 saturated carbocycles. The van der Waals surface area contributed by atoms with Crippen LogP contribution in [0.5, 0.6) is 11.5 Å². The smallest absolute Gasteiger partial charge is 0.344 e. The van der Waals surface area contributed by atoms with Gasteiger partial charge in [-0.2, -0.15) is 0 Å². The molecule has 1 unspecified atom stereocenters. The molecule has 1 atom stereocenters. The van der Waals surface area contributed by atoms with Gasteiger partial charge < -0.3 is 14.2 Å². The Labute approximate surface area is 163 Å². The van der Waals surface area contributed by atoms with Gasteiger partial charge in [0.1, 0.15) is 0 Å². The Kier molecular flexibility index (Phi) is 7.44. The first kappa shape index (κ1) is 20.5. The molecule has 0 aromatic heterocycles. The Morgan fingerprint density at radius 3 is 2.59 bits per heavy atom. The summed E-state index contributed by atoms with van der Waals surface area (Å²) in [5.74, 6) is -0.0745. The molecule has 0 N–H and O–H groups in total. The maximum Gasteiger partial charge on any atom is 0.344 e. The molecule has 0 saturated heterocycles. The van der Waals surface area contributed by atoms with Crippen LogP contribution < -0.4 is 9.47 Å². The van der Waals surface area contributed by atoms with Gasteiger partial charge in [-0.05, 0) is 43.7 Å². The van der Waals surface area contributed by atoms with E-state index in [1.54, 1.807) is 30.3 Å². The molecule has 5 nitrogen and oxygen atoms in total. The maximum absolute atomic E-state index is 12.3. The van der Waals surface area contributed by atoms with Crippen LogP contribution >= 0.6 is 11.6 Å². The van der Waals surface area contributed by atoms with Crippen LogP contribution in [0.3, 0.4) is 0 Å². The summed E-state index contributed by atoms with van der Waals surface area (Å²) < 4.78 is 15.9. The number of carbonyl (C=O) groups excluding carboxylic acids is 2. The van der Waals surface area contributed by atoms with E-state index in [0.29, 0.717) is 22.1 Å². The number of allylic oxidation sites excluding steroid dienone is 1. The normalized spacial score (nSPS) is 11.9. The number of hydrogen-bond acceptors (Lipinski definition) is 5. The van der Waals surface area contributed by atoms with Crippen LogP contribution in [0.4, 0.5) is 0 Å². The number of rotatable bonds is 8. The summed E-state index contributed by atoms with van der Waals surface area (Å²) in [5.41, 5.74) is 1.33. The summed E-state index contributed by atoms with van der Waals surface area (Å²) in [6.45, 7) is 3.08. The maximum atomic E-state index is 12.3. The molecular weight excluding hydrogens is 368 g/mol. The van der Waals surface area contributed by atoms with Crippen molar-refractivity contribution in [3.63, 3.8) is 0 Å². The number of halogens is 1. The van der Waals surface area contributed by atoms with Crippen molar-refractivity contribution in [2.24, 2.45) is 0 Å². The van der Waals surface area contributed by atoms with Crippen molar-refractivity contribution >= 4 is 29.4 Å². The average molecular weight is 389 g/mol. The van der Waals surface area contributed by atoms with Crippen LogP contribution in [0.1, 0.15) is 29.8 Å². The fraction of sp³-hybridized carbons (Fsp3) is 0.238. The van der Waals surface area contributed by atoms with Crippen LogP contribution in [0.25, 0.3) is 6.08 Å². The Morgan fingerprint density at radius 1 is 1.15 bits per heavy atom.